The Bertz CT molecular complexity index is 398. The lowest BCUT2D eigenvalue weighted by Crippen LogP contribution is -1.88. The number of fused-ring (bicyclic) bond motifs is 1. The van der Waals surface area contributed by atoms with Crippen LogP contribution >= 0.6 is 34.2 Å². The van der Waals surface area contributed by atoms with Crippen molar-refractivity contribution >= 4 is 39.8 Å². The molecule has 11 heavy (non-hydrogen) atoms. The van der Waals surface area contributed by atoms with Crippen molar-refractivity contribution in [2.45, 2.75) is 0 Å². The second-order valence-electron chi connectivity index (χ2n) is 1.88. The zero-order chi connectivity index (χ0) is 7.84. The van der Waals surface area contributed by atoms with Crippen LogP contribution in [-0.4, -0.2) is 19.6 Å². The van der Waals surface area contributed by atoms with Crippen molar-refractivity contribution in [1.29, 1.82) is 0 Å². The van der Waals surface area contributed by atoms with Gasteiger partial charge in [-0.05, 0) is 0 Å². The van der Waals surface area contributed by atoms with Crippen molar-refractivity contribution in [3.8, 4) is 0 Å². The van der Waals surface area contributed by atoms with E-state index in [4.69, 9.17) is 11.6 Å². The maximum atomic E-state index is 5.73. The number of hydrogen-bond acceptors (Lipinski definition) is 3. The van der Waals surface area contributed by atoms with E-state index in [0.717, 1.165) is 3.83 Å². The summed E-state index contributed by atoms with van der Waals surface area (Å²) in [6.45, 7) is 0. The second kappa shape index (κ2) is 2.56. The zero-order valence-corrected chi connectivity index (χ0v) is 8.11. The van der Waals surface area contributed by atoms with Gasteiger partial charge in [-0.2, -0.15) is 0 Å². The molecule has 0 aliphatic rings. The highest BCUT2D eigenvalue weighted by Crippen LogP contribution is 2.12. The molecule has 2 rings (SSSR count). The first-order chi connectivity index (χ1) is 5.29. The predicted molar refractivity (Wildman–Crippen MR) is 48.5 cm³/mol. The first kappa shape index (κ1) is 7.23. The van der Waals surface area contributed by atoms with Gasteiger partial charge in [-0.15, -0.1) is 10.2 Å². The second-order valence-corrected chi connectivity index (χ2v) is 3.20. The van der Waals surface area contributed by atoms with Crippen LogP contribution < -0.4 is 0 Å². The van der Waals surface area contributed by atoms with E-state index in [2.05, 4.69) is 37.8 Å². The Morgan fingerprint density at radius 3 is 3.00 bits per heavy atom. The van der Waals surface area contributed by atoms with Gasteiger partial charge in [-0.1, -0.05) is 11.6 Å². The lowest BCUT2D eigenvalue weighted by Gasteiger charge is -1.91. The number of nitrogens with zero attached hydrogens (tertiary/aromatic N) is 4. The molecule has 0 fully saturated rings. The molecule has 4 nitrogen and oxygen atoms in total. The van der Waals surface area contributed by atoms with Gasteiger partial charge in [0.05, 0.1) is 0 Å². The Morgan fingerprint density at radius 1 is 1.45 bits per heavy atom. The standard InChI is InChI=1S/C5H2ClIN4/c6-3-4-9-10-5(7)11(4)2-1-8-3/h1-2H. The van der Waals surface area contributed by atoms with Gasteiger partial charge in [0.1, 0.15) is 0 Å². The topological polar surface area (TPSA) is 43.1 Å². The molecule has 56 valence electrons. The quantitative estimate of drug-likeness (QED) is 0.685. The third-order valence-corrected chi connectivity index (χ3v) is 2.24. The summed E-state index contributed by atoms with van der Waals surface area (Å²) in [5, 5.41) is 8.04. The fraction of sp³-hybridized carbons (Fsp3) is 0. The molecule has 0 aliphatic heterocycles. The molecule has 0 aromatic carbocycles. The van der Waals surface area contributed by atoms with Gasteiger partial charge in [-0.3, -0.25) is 4.40 Å². The largest absolute Gasteiger partial charge is 0.274 e. The number of hydrogen-bond donors (Lipinski definition) is 0. The molecule has 0 spiro atoms. The SMILES string of the molecule is Clc1nccn2c(I)nnc12. The van der Waals surface area contributed by atoms with Gasteiger partial charge in [0.15, 0.2) is 14.6 Å². The minimum Gasteiger partial charge on any atom is -0.274 e. The van der Waals surface area contributed by atoms with Crippen LogP contribution in [0.5, 0.6) is 0 Å². The van der Waals surface area contributed by atoms with E-state index in [1.807, 2.05) is 0 Å². The minimum atomic E-state index is 0.378. The summed E-state index contributed by atoms with van der Waals surface area (Å²) in [6, 6.07) is 0. The van der Waals surface area contributed by atoms with Gasteiger partial charge in [0, 0.05) is 35.0 Å². The summed E-state index contributed by atoms with van der Waals surface area (Å²) in [5.41, 5.74) is 0.596. The van der Waals surface area contributed by atoms with Gasteiger partial charge in [-0.25, -0.2) is 4.98 Å². The van der Waals surface area contributed by atoms with E-state index in [-0.39, 0.29) is 0 Å². The maximum absolute atomic E-state index is 5.73. The molecule has 6 heteroatoms. The molecule has 2 aromatic rings. The highest BCUT2D eigenvalue weighted by Gasteiger charge is 2.04. The van der Waals surface area contributed by atoms with Gasteiger partial charge in [0.2, 0.25) is 0 Å². The third-order valence-electron chi connectivity index (χ3n) is 1.24. The van der Waals surface area contributed by atoms with Crippen molar-refractivity contribution < 1.29 is 0 Å². The Balaban J connectivity index is 2.94. The van der Waals surface area contributed by atoms with Crippen LogP contribution in [0, 0.1) is 3.83 Å². The molecule has 0 amide bonds. The molecule has 2 heterocycles. The Morgan fingerprint density at radius 2 is 2.27 bits per heavy atom. The van der Waals surface area contributed by atoms with Crippen LogP contribution in [0.4, 0.5) is 0 Å². The zero-order valence-electron chi connectivity index (χ0n) is 5.20. The summed E-state index contributed by atoms with van der Waals surface area (Å²) >= 11 is 7.81. The van der Waals surface area contributed by atoms with Crippen molar-refractivity contribution in [2.75, 3.05) is 0 Å². The van der Waals surface area contributed by atoms with Crippen molar-refractivity contribution in [3.63, 3.8) is 0 Å². The summed E-state index contributed by atoms with van der Waals surface area (Å²) in [5.74, 6) is 0. The minimum absolute atomic E-state index is 0.378. The van der Waals surface area contributed by atoms with Gasteiger partial charge >= 0.3 is 0 Å². The van der Waals surface area contributed by atoms with Crippen LogP contribution in [0.15, 0.2) is 12.4 Å². The van der Waals surface area contributed by atoms with Crippen LogP contribution in [0.1, 0.15) is 0 Å². The Labute approximate surface area is 80.7 Å². The van der Waals surface area contributed by atoms with E-state index >= 15 is 0 Å². The van der Waals surface area contributed by atoms with E-state index in [9.17, 15) is 0 Å². The normalized spacial score (nSPS) is 10.7. The predicted octanol–water partition coefficient (Wildman–Crippen LogP) is 1.38. The molecular weight excluding hydrogens is 278 g/mol. The molecule has 0 radical (unpaired) electrons. The molecular formula is C5H2ClIN4. The maximum Gasteiger partial charge on any atom is 0.199 e. The highest BCUT2D eigenvalue weighted by atomic mass is 127. The molecule has 0 saturated heterocycles. The first-order valence-corrected chi connectivity index (χ1v) is 4.25. The van der Waals surface area contributed by atoms with Crippen LogP contribution in [0.3, 0.4) is 0 Å². The molecule has 0 unspecified atom stereocenters. The summed E-state index contributed by atoms with van der Waals surface area (Å²) in [7, 11) is 0. The van der Waals surface area contributed by atoms with E-state index in [1.165, 1.54) is 0 Å². The van der Waals surface area contributed by atoms with Gasteiger partial charge < -0.3 is 0 Å². The molecule has 2 aromatic heterocycles. The fourth-order valence-corrected chi connectivity index (χ4v) is 1.45. The lowest BCUT2D eigenvalue weighted by atomic mass is 10.7. The third kappa shape index (κ3) is 1.08. The fourth-order valence-electron chi connectivity index (χ4n) is 0.768. The van der Waals surface area contributed by atoms with E-state index < -0.39 is 0 Å². The van der Waals surface area contributed by atoms with Gasteiger partial charge in [0.25, 0.3) is 0 Å². The first-order valence-electron chi connectivity index (χ1n) is 2.80. The van der Waals surface area contributed by atoms with E-state index in [1.54, 1.807) is 16.8 Å². The summed E-state index contributed by atoms with van der Waals surface area (Å²) < 4.78 is 2.55. The molecule has 0 bridgehead atoms. The summed E-state index contributed by atoms with van der Waals surface area (Å²) in [4.78, 5) is 3.86. The average molecular weight is 280 g/mol. The number of aromatic nitrogens is 4. The molecule has 0 saturated carbocycles. The summed E-state index contributed by atoms with van der Waals surface area (Å²) in [6.07, 6.45) is 3.38. The monoisotopic (exact) mass is 280 g/mol. The van der Waals surface area contributed by atoms with Crippen LogP contribution in [0.2, 0.25) is 5.15 Å². The number of rotatable bonds is 0. The van der Waals surface area contributed by atoms with E-state index in [0.29, 0.717) is 10.8 Å². The number of halogens is 2. The molecule has 0 atom stereocenters. The smallest absolute Gasteiger partial charge is 0.199 e. The van der Waals surface area contributed by atoms with Crippen molar-refractivity contribution in [3.05, 3.63) is 21.4 Å². The molecule has 0 aliphatic carbocycles. The lowest BCUT2D eigenvalue weighted by molar-refractivity contribution is 1.04. The van der Waals surface area contributed by atoms with Crippen molar-refractivity contribution in [2.24, 2.45) is 0 Å². The molecule has 0 N–H and O–H groups in total. The highest BCUT2D eigenvalue weighted by molar-refractivity contribution is 14.1. The van der Waals surface area contributed by atoms with Crippen LogP contribution in [-0.2, 0) is 0 Å². The Hall–Kier alpha value is -0.430. The van der Waals surface area contributed by atoms with Crippen LogP contribution in [0.25, 0.3) is 5.65 Å². The Kier molecular flexibility index (Phi) is 1.68. The van der Waals surface area contributed by atoms with Crippen molar-refractivity contribution in [1.82, 2.24) is 19.6 Å². The average Bonchev–Trinajstić information content (AvgIpc) is 2.35.